The van der Waals surface area contributed by atoms with Gasteiger partial charge in [-0.15, -0.1) is 0 Å². The number of esters is 1. The summed E-state index contributed by atoms with van der Waals surface area (Å²) in [6, 6.07) is 19.3. The van der Waals surface area contributed by atoms with Crippen LogP contribution in [0.15, 0.2) is 66.4 Å². The number of methoxy groups -OCH3 is 1. The number of hydrogen-bond donors (Lipinski definition) is 0. The van der Waals surface area contributed by atoms with Crippen LogP contribution in [0, 0.1) is 11.3 Å². The number of hydrogen-bond acceptors (Lipinski definition) is 5. The number of carbonyl (C=O) groups excluding carboxylic acids is 1. The van der Waals surface area contributed by atoms with Crippen molar-refractivity contribution in [3.05, 3.63) is 77.5 Å². The largest absolute Gasteiger partial charge is 0.497 e. The molecule has 6 heteroatoms. The van der Waals surface area contributed by atoms with Gasteiger partial charge in [-0.05, 0) is 30.7 Å². The van der Waals surface area contributed by atoms with E-state index in [-0.39, 0.29) is 12.2 Å². The summed E-state index contributed by atoms with van der Waals surface area (Å²) >= 11 is 0. The van der Waals surface area contributed by atoms with Crippen LogP contribution >= 0.6 is 0 Å². The van der Waals surface area contributed by atoms with E-state index in [0.29, 0.717) is 23.6 Å². The molecular weight excluding hydrogens is 366 g/mol. The second-order valence-electron chi connectivity index (χ2n) is 6.24. The lowest BCUT2D eigenvalue weighted by Crippen LogP contribution is -2.06. The maximum atomic E-state index is 12.1. The van der Waals surface area contributed by atoms with Crippen LogP contribution in [0.3, 0.4) is 0 Å². The lowest BCUT2D eigenvalue weighted by Gasteiger charge is -2.04. The minimum Gasteiger partial charge on any atom is -0.497 e. The van der Waals surface area contributed by atoms with E-state index in [9.17, 15) is 10.1 Å². The molecule has 0 spiro atoms. The molecule has 1 heterocycles. The molecule has 3 rings (SSSR count). The first kappa shape index (κ1) is 19.9. The van der Waals surface area contributed by atoms with Gasteiger partial charge in [0.2, 0.25) is 0 Å². The Kier molecular flexibility index (Phi) is 6.43. The minimum atomic E-state index is -0.651. The Morgan fingerprint density at radius 3 is 2.69 bits per heavy atom. The van der Waals surface area contributed by atoms with Crippen LogP contribution in [0.25, 0.3) is 17.3 Å². The van der Waals surface area contributed by atoms with Gasteiger partial charge >= 0.3 is 5.97 Å². The molecule has 0 aliphatic rings. The molecule has 0 N–H and O–H groups in total. The molecule has 6 nitrogen and oxygen atoms in total. The molecule has 0 saturated carbocycles. The van der Waals surface area contributed by atoms with Crippen LogP contribution in [0.2, 0.25) is 0 Å². The Morgan fingerprint density at radius 1 is 1.21 bits per heavy atom. The van der Waals surface area contributed by atoms with E-state index < -0.39 is 5.97 Å². The maximum absolute atomic E-state index is 12.1. The van der Waals surface area contributed by atoms with Crippen molar-refractivity contribution in [2.45, 2.75) is 13.5 Å². The molecule has 0 amide bonds. The fourth-order valence-electron chi connectivity index (χ4n) is 2.89. The van der Waals surface area contributed by atoms with Crippen LogP contribution in [0.5, 0.6) is 5.75 Å². The quantitative estimate of drug-likeness (QED) is 0.347. The number of ether oxygens (including phenoxy) is 2. The predicted octanol–water partition coefficient (Wildman–Crippen LogP) is 4.08. The maximum Gasteiger partial charge on any atom is 0.348 e. The SMILES string of the molecule is CCOC(=O)/C(C#N)=C/c1cn(Cc2ccccc2)nc1-c1cccc(OC)c1. The van der Waals surface area contributed by atoms with Crippen LogP contribution in [0.4, 0.5) is 0 Å². The van der Waals surface area contributed by atoms with Crippen molar-refractivity contribution >= 4 is 12.0 Å². The number of carbonyl (C=O) groups is 1. The summed E-state index contributed by atoms with van der Waals surface area (Å²) in [5.41, 5.74) is 3.14. The van der Waals surface area contributed by atoms with E-state index in [0.717, 1.165) is 11.1 Å². The molecule has 2 aromatic carbocycles. The third kappa shape index (κ3) is 4.90. The van der Waals surface area contributed by atoms with Crippen molar-refractivity contribution in [1.82, 2.24) is 9.78 Å². The molecule has 29 heavy (non-hydrogen) atoms. The summed E-state index contributed by atoms with van der Waals surface area (Å²) in [5.74, 6) is 0.0448. The molecule has 0 radical (unpaired) electrons. The van der Waals surface area contributed by atoms with Gasteiger partial charge in [-0.2, -0.15) is 10.4 Å². The fraction of sp³-hybridized carbons (Fsp3) is 0.174. The topological polar surface area (TPSA) is 77.1 Å². The summed E-state index contributed by atoms with van der Waals surface area (Å²) in [5, 5.41) is 14.1. The molecular formula is C23H21N3O3. The van der Waals surface area contributed by atoms with Crippen molar-refractivity contribution in [1.29, 1.82) is 5.26 Å². The van der Waals surface area contributed by atoms with Crippen molar-refractivity contribution in [3.8, 4) is 23.1 Å². The third-order valence-corrected chi connectivity index (χ3v) is 4.24. The Balaban J connectivity index is 2.06. The average molecular weight is 387 g/mol. The van der Waals surface area contributed by atoms with E-state index >= 15 is 0 Å². The summed E-state index contributed by atoms with van der Waals surface area (Å²) in [7, 11) is 1.60. The van der Waals surface area contributed by atoms with Gasteiger partial charge in [-0.1, -0.05) is 42.5 Å². The summed E-state index contributed by atoms with van der Waals surface area (Å²) in [4.78, 5) is 12.1. The molecule has 0 saturated heterocycles. The Bertz CT molecular complexity index is 1060. The number of benzene rings is 2. The zero-order valence-corrected chi connectivity index (χ0v) is 16.3. The van der Waals surface area contributed by atoms with Crippen molar-refractivity contribution in [2.24, 2.45) is 0 Å². The first-order valence-corrected chi connectivity index (χ1v) is 9.19. The molecule has 1 aromatic heterocycles. The highest BCUT2D eigenvalue weighted by atomic mass is 16.5. The zero-order valence-electron chi connectivity index (χ0n) is 16.3. The highest BCUT2D eigenvalue weighted by molar-refractivity contribution is 5.98. The number of aromatic nitrogens is 2. The van der Waals surface area contributed by atoms with Crippen LogP contribution in [-0.4, -0.2) is 29.5 Å². The highest BCUT2D eigenvalue weighted by Crippen LogP contribution is 2.27. The van der Waals surface area contributed by atoms with Gasteiger partial charge in [-0.3, -0.25) is 4.68 Å². The first-order valence-electron chi connectivity index (χ1n) is 9.19. The van der Waals surface area contributed by atoms with Gasteiger partial charge in [0.15, 0.2) is 0 Å². The molecule has 0 fully saturated rings. The second kappa shape index (κ2) is 9.38. The number of nitriles is 1. The standard InChI is InChI=1S/C23H21N3O3/c1-3-29-23(27)19(14-24)12-20-16-26(15-17-8-5-4-6-9-17)25-22(20)18-10-7-11-21(13-18)28-2/h4-13,16H,3,15H2,1-2H3/b19-12+. The van der Waals surface area contributed by atoms with Gasteiger partial charge in [0, 0.05) is 17.3 Å². The van der Waals surface area contributed by atoms with E-state index in [4.69, 9.17) is 14.6 Å². The monoisotopic (exact) mass is 387 g/mol. The average Bonchev–Trinajstić information content (AvgIpc) is 3.15. The molecule has 0 aliphatic carbocycles. The fourth-order valence-corrected chi connectivity index (χ4v) is 2.89. The molecule has 0 bridgehead atoms. The summed E-state index contributed by atoms with van der Waals surface area (Å²) in [6.45, 7) is 2.47. The van der Waals surface area contributed by atoms with Crippen LogP contribution in [-0.2, 0) is 16.1 Å². The first-order chi connectivity index (χ1) is 14.1. The van der Waals surface area contributed by atoms with E-state index in [1.165, 1.54) is 6.08 Å². The number of rotatable bonds is 7. The van der Waals surface area contributed by atoms with Gasteiger partial charge in [-0.25, -0.2) is 4.79 Å². The highest BCUT2D eigenvalue weighted by Gasteiger charge is 2.15. The van der Waals surface area contributed by atoms with Gasteiger partial charge in [0.05, 0.1) is 26.0 Å². The third-order valence-electron chi connectivity index (χ3n) is 4.24. The molecule has 146 valence electrons. The molecule has 0 unspecified atom stereocenters. The van der Waals surface area contributed by atoms with Gasteiger partial charge in [0.25, 0.3) is 0 Å². The number of nitrogens with zero attached hydrogens (tertiary/aromatic N) is 3. The lowest BCUT2D eigenvalue weighted by atomic mass is 10.1. The van der Waals surface area contributed by atoms with Crippen molar-refractivity contribution in [3.63, 3.8) is 0 Å². The van der Waals surface area contributed by atoms with Crippen molar-refractivity contribution < 1.29 is 14.3 Å². The van der Waals surface area contributed by atoms with Gasteiger partial charge in [0.1, 0.15) is 17.4 Å². The normalized spacial score (nSPS) is 11.0. The van der Waals surface area contributed by atoms with Crippen LogP contribution in [0.1, 0.15) is 18.1 Å². The summed E-state index contributed by atoms with van der Waals surface area (Å²) < 4.78 is 12.1. The van der Waals surface area contributed by atoms with Crippen LogP contribution < -0.4 is 4.74 Å². The van der Waals surface area contributed by atoms with E-state index in [1.54, 1.807) is 18.7 Å². The molecule has 0 aliphatic heterocycles. The second-order valence-corrected chi connectivity index (χ2v) is 6.24. The lowest BCUT2D eigenvalue weighted by molar-refractivity contribution is -0.137. The Labute approximate surface area is 169 Å². The minimum absolute atomic E-state index is 0.0738. The summed E-state index contributed by atoms with van der Waals surface area (Å²) in [6.07, 6.45) is 3.33. The van der Waals surface area contributed by atoms with Crippen molar-refractivity contribution in [2.75, 3.05) is 13.7 Å². The van der Waals surface area contributed by atoms with E-state index in [1.807, 2.05) is 66.9 Å². The Hall–Kier alpha value is -3.85. The molecule has 3 aromatic rings. The smallest absolute Gasteiger partial charge is 0.348 e. The molecule has 0 atom stereocenters. The zero-order chi connectivity index (χ0) is 20.6. The van der Waals surface area contributed by atoms with E-state index in [2.05, 4.69) is 0 Å². The predicted molar refractivity (Wildman–Crippen MR) is 110 cm³/mol. The Morgan fingerprint density at radius 2 is 2.00 bits per heavy atom. The van der Waals surface area contributed by atoms with Gasteiger partial charge < -0.3 is 9.47 Å².